The number of carbonyl (C=O) groups is 1. The van der Waals surface area contributed by atoms with E-state index in [4.69, 9.17) is 0 Å². The predicted molar refractivity (Wildman–Crippen MR) is 117 cm³/mol. The van der Waals surface area contributed by atoms with Crippen LogP contribution in [0.25, 0.3) is 22.7 Å². The normalized spacial score (nSPS) is 14.7. The van der Waals surface area contributed by atoms with Gasteiger partial charge in [0.15, 0.2) is 0 Å². The van der Waals surface area contributed by atoms with Crippen molar-refractivity contribution in [3.8, 4) is 0 Å². The molecule has 4 heteroatoms. The Labute approximate surface area is 171 Å². The highest BCUT2D eigenvalue weighted by Crippen LogP contribution is 2.40. The summed E-state index contributed by atoms with van der Waals surface area (Å²) >= 11 is 3.48. The molecule has 4 aromatic rings. The molecule has 1 aliphatic heterocycles. The summed E-state index contributed by atoms with van der Waals surface area (Å²) in [5.41, 5.74) is 5.14. The fourth-order valence-electron chi connectivity index (χ4n) is 3.61. The van der Waals surface area contributed by atoms with E-state index in [0.717, 1.165) is 37.9 Å². The number of hydrogen-bond acceptors (Lipinski definition) is 2. The molecule has 0 N–H and O–H groups in total. The Morgan fingerprint density at radius 2 is 1.57 bits per heavy atom. The molecule has 0 spiro atoms. The van der Waals surface area contributed by atoms with Crippen molar-refractivity contribution in [3.63, 3.8) is 0 Å². The third-order valence-electron chi connectivity index (χ3n) is 4.90. The van der Waals surface area contributed by atoms with E-state index in [2.05, 4.69) is 27.0 Å². The van der Waals surface area contributed by atoms with E-state index in [-0.39, 0.29) is 5.91 Å². The number of amides is 1. The number of aromatic nitrogens is 1. The van der Waals surface area contributed by atoms with Gasteiger partial charge in [0.2, 0.25) is 0 Å². The number of benzene rings is 3. The highest BCUT2D eigenvalue weighted by molar-refractivity contribution is 9.10. The molecule has 0 atom stereocenters. The van der Waals surface area contributed by atoms with Crippen molar-refractivity contribution in [1.29, 1.82) is 0 Å². The Hall–Kier alpha value is -3.24. The number of rotatable bonds is 2. The molecule has 1 amide bonds. The third-order valence-corrected chi connectivity index (χ3v) is 5.43. The lowest BCUT2D eigenvalue weighted by molar-refractivity contribution is 0.101. The van der Waals surface area contributed by atoms with Crippen LogP contribution in [0.2, 0.25) is 0 Å². The lowest BCUT2D eigenvalue weighted by Crippen LogP contribution is -2.22. The minimum absolute atomic E-state index is 0.0304. The molecule has 1 aliphatic rings. The molecule has 0 aliphatic carbocycles. The van der Waals surface area contributed by atoms with Crippen LogP contribution < -0.4 is 4.90 Å². The maximum atomic E-state index is 13.3. The predicted octanol–water partition coefficient (Wildman–Crippen LogP) is 6.16. The van der Waals surface area contributed by atoms with E-state index in [1.165, 1.54) is 0 Å². The van der Waals surface area contributed by atoms with E-state index in [1.54, 1.807) is 11.1 Å². The van der Waals surface area contributed by atoms with E-state index < -0.39 is 0 Å². The fourth-order valence-corrected chi connectivity index (χ4v) is 3.87. The van der Waals surface area contributed by atoms with Crippen molar-refractivity contribution in [1.82, 2.24) is 4.98 Å². The van der Waals surface area contributed by atoms with Gasteiger partial charge in [0.25, 0.3) is 5.91 Å². The molecule has 5 rings (SSSR count). The van der Waals surface area contributed by atoms with Gasteiger partial charge >= 0.3 is 0 Å². The second-order valence-electron chi connectivity index (χ2n) is 6.62. The highest BCUT2D eigenvalue weighted by Gasteiger charge is 2.34. The first-order valence-electron chi connectivity index (χ1n) is 8.97. The Balaban J connectivity index is 1.75. The summed E-state index contributed by atoms with van der Waals surface area (Å²) < 4.78 is 1.02. The second kappa shape index (κ2) is 6.73. The molecule has 1 aromatic heterocycles. The van der Waals surface area contributed by atoms with Gasteiger partial charge in [0.1, 0.15) is 0 Å². The number of nitrogens with zero attached hydrogens (tertiary/aromatic N) is 2. The first-order valence-corrected chi connectivity index (χ1v) is 9.76. The molecule has 3 aromatic carbocycles. The lowest BCUT2D eigenvalue weighted by atomic mass is 10.1. The van der Waals surface area contributed by atoms with Crippen LogP contribution in [0.4, 0.5) is 5.69 Å². The van der Waals surface area contributed by atoms with Crippen molar-refractivity contribution in [2.45, 2.75) is 0 Å². The van der Waals surface area contributed by atoms with Crippen LogP contribution in [0, 0.1) is 0 Å². The van der Waals surface area contributed by atoms with Crippen molar-refractivity contribution in [3.05, 3.63) is 106 Å². The van der Waals surface area contributed by atoms with Crippen LogP contribution in [-0.2, 0) is 0 Å². The van der Waals surface area contributed by atoms with Crippen LogP contribution in [0.1, 0.15) is 21.5 Å². The summed E-state index contributed by atoms with van der Waals surface area (Å²) in [5.74, 6) is -0.0304. The number of halogens is 1. The summed E-state index contributed by atoms with van der Waals surface area (Å²) in [6.45, 7) is 0. The molecule has 0 unspecified atom stereocenters. The van der Waals surface area contributed by atoms with Gasteiger partial charge < -0.3 is 0 Å². The molecule has 28 heavy (non-hydrogen) atoms. The number of anilines is 1. The lowest BCUT2D eigenvalue weighted by Gasteiger charge is -2.20. The van der Waals surface area contributed by atoms with Gasteiger partial charge in [-0.3, -0.25) is 14.7 Å². The van der Waals surface area contributed by atoms with E-state index in [1.807, 2.05) is 78.9 Å². The topological polar surface area (TPSA) is 33.2 Å². The minimum Gasteiger partial charge on any atom is -0.274 e. The second-order valence-corrected chi connectivity index (χ2v) is 7.54. The van der Waals surface area contributed by atoms with Crippen molar-refractivity contribution in [2.75, 3.05) is 4.90 Å². The van der Waals surface area contributed by atoms with Crippen molar-refractivity contribution < 1.29 is 4.79 Å². The quantitative estimate of drug-likeness (QED) is 0.384. The smallest absolute Gasteiger partial charge is 0.263 e. The van der Waals surface area contributed by atoms with Gasteiger partial charge in [-0.2, -0.15) is 0 Å². The average molecular weight is 427 g/mol. The van der Waals surface area contributed by atoms with Crippen molar-refractivity contribution in [2.24, 2.45) is 0 Å². The third kappa shape index (κ3) is 2.74. The van der Waals surface area contributed by atoms with Gasteiger partial charge in [0.05, 0.1) is 16.9 Å². The SMILES string of the molecule is O=C1c2ccccc2/C(=C\c2ccc(Br)cc2)N1c1cccc2cccnc12. The Bertz CT molecular complexity index is 1240. The maximum absolute atomic E-state index is 13.3. The fraction of sp³-hybridized carbons (Fsp3) is 0. The zero-order chi connectivity index (χ0) is 19.1. The molecular weight excluding hydrogens is 412 g/mol. The zero-order valence-corrected chi connectivity index (χ0v) is 16.4. The number of carbonyl (C=O) groups excluding carboxylic acids is 1. The molecular formula is C24H15BrN2O. The van der Waals surface area contributed by atoms with Crippen LogP contribution in [0.5, 0.6) is 0 Å². The van der Waals surface area contributed by atoms with Crippen LogP contribution >= 0.6 is 15.9 Å². The van der Waals surface area contributed by atoms with Gasteiger partial charge in [-0.05, 0) is 42.0 Å². The maximum Gasteiger partial charge on any atom is 0.263 e. The molecule has 2 heterocycles. The minimum atomic E-state index is -0.0304. The molecule has 0 saturated carbocycles. The van der Waals surface area contributed by atoms with E-state index in [0.29, 0.717) is 5.56 Å². The van der Waals surface area contributed by atoms with Crippen molar-refractivity contribution >= 4 is 50.2 Å². The first kappa shape index (κ1) is 16.9. The van der Waals surface area contributed by atoms with Gasteiger partial charge in [0, 0.05) is 27.2 Å². The van der Waals surface area contributed by atoms with Gasteiger partial charge in [-0.15, -0.1) is 0 Å². The summed E-state index contributed by atoms with van der Waals surface area (Å²) in [4.78, 5) is 19.7. The number of para-hydroxylation sites is 1. The highest BCUT2D eigenvalue weighted by atomic mass is 79.9. The van der Waals surface area contributed by atoms with Crippen LogP contribution in [0.15, 0.2) is 89.5 Å². The molecule has 0 fully saturated rings. The number of hydrogen-bond donors (Lipinski definition) is 0. The zero-order valence-electron chi connectivity index (χ0n) is 14.8. The molecule has 0 saturated heterocycles. The number of pyridine rings is 1. The Morgan fingerprint density at radius 3 is 2.39 bits per heavy atom. The standard InChI is InChI=1S/C24H15BrN2O/c25-18-12-10-16(11-13-18)15-22-19-7-1-2-8-20(19)24(28)27(22)21-9-3-5-17-6-4-14-26-23(17)21/h1-15H/b22-15+. The summed E-state index contributed by atoms with van der Waals surface area (Å²) in [6, 6.07) is 25.6. The van der Waals surface area contributed by atoms with Gasteiger partial charge in [-0.1, -0.05) is 64.5 Å². The average Bonchev–Trinajstić information content (AvgIpc) is 3.01. The summed E-state index contributed by atoms with van der Waals surface area (Å²) in [6.07, 6.45) is 3.82. The molecule has 0 bridgehead atoms. The van der Waals surface area contributed by atoms with Crippen LogP contribution in [-0.4, -0.2) is 10.9 Å². The largest absolute Gasteiger partial charge is 0.274 e. The van der Waals surface area contributed by atoms with Crippen LogP contribution in [0.3, 0.4) is 0 Å². The first-order chi connectivity index (χ1) is 13.7. The van der Waals surface area contributed by atoms with Gasteiger partial charge in [-0.25, -0.2) is 0 Å². The Kier molecular flexibility index (Phi) is 4.06. The molecule has 3 nitrogen and oxygen atoms in total. The Morgan fingerprint density at radius 1 is 0.821 bits per heavy atom. The monoisotopic (exact) mass is 426 g/mol. The number of fused-ring (bicyclic) bond motifs is 2. The molecule has 0 radical (unpaired) electrons. The molecule has 134 valence electrons. The summed E-state index contributed by atoms with van der Waals surface area (Å²) in [5, 5.41) is 1.01. The van der Waals surface area contributed by atoms with E-state index >= 15 is 0 Å². The summed E-state index contributed by atoms with van der Waals surface area (Å²) in [7, 11) is 0. The van der Waals surface area contributed by atoms with E-state index in [9.17, 15) is 4.79 Å².